The van der Waals surface area contributed by atoms with Crippen LogP contribution in [0.2, 0.25) is 0 Å². The van der Waals surface area contributed by atoms with Gasteiger partial charge in [-0.1, -0.05) is 0 Å². The molecule has 1 fully saturated rings. The predicted molar refractivity (Wildman–Crippen MR) is 50.1 cm³/mol. The summed E-state index contributed by atoms with van der Waals surface area (Å²) in [6.45, 7) is 1.65. The molecule has 0 amide bonds. The van der Waals surface area contributed by atoms with E-state index < -0.39 is 11.9 Å². The standard InChI is InChI=1S/C10H13FN2O/c11-9-6-13-4-2-8(9)10(14)7-1-3-12-5-7/h2,4,6-7,10,12,14H,1,3,5H2/t7-,10?/m0/s1. The van der Waals surface area contributed by atoms with Gasteiger partial charge in [0.25, 0.3) is 0 Å². The Morgan fingerprint density at radius 3 is 3.14 bits per heavy atom. The highest BCUT2D eigenvalue weighted by Crippen LogP contribution is 2.27. The zero-order chi connectivity index (χ0) is 9.97. The first-order valence-electron chi connectivity index (χ1n) is 4.77. The fraction of sp³-hybridized carbons (Fsp3) is 0.500. The molecule has 2 N–H and O–H groups in total. The van der Waals surface area contributed by atoms with Crippen molar-refractivity contribution in [3.63, 3.8) is 0 Å². The SMILES string of the molecule is OC(c1ccncc1F)[C@H]1CCNC1. The molecule has 0 aromatic carbocycles. The molecule has 3 nitrogen and oxygen atoms in total. The average molecular weight is 196 g/mol. The molecular formula is C10H13FN2O. The molecule has 0 radical (unpaired) electrons. The Morgan fingerprint density at radius 1 is 1.64 bits per heavy atom. The first-order chi connectivity index (χ1) is 6.79. The summed E-state index contributed by atoms with van der Waals surface area (Å²) in [6.07, 6.45) is 2.82. The lowest BCUT2D eigenvalue weighted by Crippen LogP contribution is -2.17. The van der Waals surface area contributed by atoms with Crippen LogP contribution in [0.4, 0.5) is 4.39 Å². The highest BCUT2D eigenvalue weighted by Gasteiger charge is 2.25. The third-order valence-electron chi connectivity index (χ3n) is 2.67. The van der Waals surface area contributed by atoms with Crippen LogP contribution in [0.15, 0.2) is 18.5 Å². The van der Waals surface area contributed by atoms with Crippen molar-refractivity contribution in [1.29, 1.82) is 0 Å². The minimum absolute atomic E-state index is 0.117. The zero-order valence-electron chi connectivity index (χ0n) is 7.78. The van der Waals surface area contributed by atoms with Gasteiger partial charge >= 0.3 is 0 Å². The number of pyridine rings is 1. The van der Waals surface area contributed by atoms with E-state index in [0.29, 0.717) is 5.56 Å². The highest BCUT2D eigenvalue weighted by molar-refractivity contribution is 5.16. The number of nitrogens with one attached hydrogen (secondary N) is 1. The number of aliphatic hydroxyl groups excluding tert-OH is 1. The molecule has 0 saturated carbocycles. The first-order valence-corrected chi connectivity index (χ1v) is 4.77. The van der Waals surface area contributed by atoms with Gasteiger partial charge in [-0.15, -0.1) is 0 Å². The average Bonchev–Trinajstić information content (AvgIpc) is 2.70. The molecular weight excluding hydrogens is 183 g/mol. The van der Waals surface area contributed by atoms with E-state index in [2.05, 4.69) is 10.3 Å². The van der Waals surface area contributed by atoms with Crippen molar-refractivity contribution in [1.82, 2.24) is 10.3 Å². The summed E-state index contributed by atoms with van der Waals surface area (Å²) in [5, 5.41) is 13.0. The molecule has 0 bridgehead atoms. The van der Waals surface area contributed by atoms with Gasteiger partial charge in [0.1, 0.15) is 5.82 Å². The molecule has 0 spiro atoms. The lowest BCUT2D eigenvalue weighted by Gasteiger charge is -2.17. The quantitative estimate of drug-likeness (QED) is 0.737. The molecule has 2 atom stereocenters. The molecule has 2 heterocycles. The van der Waals surface area contributed by atoms with Gasteiger partial charge in [-0.25, -0.2) is 4.39 Å². The molecule has 14 heavy (non-hydrogen) atoms. The van der Waals surface area contributed by atoms with Crippen molar-refractivity contribution >= 4 is 0 Å². The number of hydrogen-bond acceptors (Lipinski definition) is 3. The van der Waals surface area contributed by atoms with Crippen LogP contribution in [-0.2, 0) is 0 Å². The van der Waals surface area contributed by atoms with Crippen LogP contribution in [0.3, 0.4) is 0 Å². The summed E-state index contributed by atoms with van der Waals surface area (Å²) >= 11 is 0. The lowest BCUT2D eigenvalue weighted by atomic mass is 9.95. The van der Waals surface area contributed by atoms with E-state index in [9.17, 15) is 9.50 Å². The Bertz CT molecular complexity index is 313. The number of nitrogens with zero attached hydrogens (tertiary/aromatic N) is 1. The third kappa shape index (κ3) is 1.76. The van der Waals surface area contributed by atoms with Gasteiger partial charge in [-0.05, 0) is 19.0 Å². The second-order valence-corrected chi connectivity index (χ2v) is 3.59. The normalized spacial score (nSPS) is 23.7. The number of aromatic nitrogens is 1. The summed E-state index contributed by atoms with van der Waals surface area (Å²) < 4.78 is 13.3. The van der Waals surface area contributed by atoms with E-state index in [1.807, 2.05) is 0 Å². The Balaban J connectivity index is 2.17. The molecule has 1 aromatic heterocycles. The van der Waals surface area contributed by atoms with Crippen LogP contribution < -0.4 is 5.32 Å². The molecule has 1 unspecified atom stereocenters. The van der Waals surface area contributed by atoms with Crippen molar-refractivity contribution in [2.75, 3.05) is 13.1 Å². The van der Waals surface area contributed by atoms with E-state index in [1.165, 1.54) is 6.20 Å². The van der Waals surface area contributed by atoms with Gasteiger partial charge in [0.2, 0.25) is 0 Å². The van der Waals surface area contributed by atoms with Gasteiger partial charge in [-0.2, -0.15) is 0 Å². The van der Waals surface area contributed by atoms with E-state index in [0.717, 1.165) is 25.7 Å². The van der Waals surface area contributed by atoms with E-state index in [1.54, 1.807) is 6.07 Å². The van der Waals surface area contributed by atoms with E-state index in [-0.39, 0.29) is 5.92 Å². The van der Waals surface area contributed by atoms with Gasteiger partial charge in [0.15, 0.2) is 0 Å². The number of halogens is 1. The number of aliphatic hydroxyl groups is 1. The first kappa shape index (κ1) is 9.55. The molecule has 2 rings (SSSR count). The lowest BCUT2D eigenvalue weighted by molar-refractivity contribution is 0.114. The molecule has 1 aromatic rings. The fourth-order valence-corrected chi connectivity index (χ4v) is 1.83. The van der Waals surface area contributed by atoms with Crippen LogP contribution in [0, 0.1) is 11.7 Å². The van der Waals surface area contributed by atoms with Crippen LogP contribution >= 0.6 is 0 Å². The summed E-state index contributed by atoms with van der Waals surface area (Å²) in [6, 6.07) is 1.54. The predicted octanol–water partition coefficient (Wildman–Crippen LogP) is 0.864. The Kier molecular flexibility index (Phi) is 2.74. The molecule has 4 heteroatoms. The molecule has 0 aliphatic carbocycles. The van der Waals surface area contributed by atoms with Crippen molar-refractivity contribution in [2.45, 2.75) is 12.5 Å². The summed E-state index contributed by atoms with van der Waals surface area (Å²) in [5.41, 5.74) is 0.355. The van der Waals surface area contributed by atoms with Crippen molar-refractivity contribution in [3.8, 4) is 0 Å². The smallest absolute Gasteiger partial charge is 0.147 e. The van der Waals surface area contributed by atoms with Gasteiger partial charge in [-0.3, -0.25) is 4.98 Å². The van der Waals surface area contributed by atoms with Crippen molar-refractivity contribution in [3.05, 3.63) is 29.8 Å². The summed E-state index contributed by atoms with van der Waals surface area (Å²) in [5.74, 6) is -0.307. The third-order valence-corrected chi connectivity index (χ3v) is 2.67. The number of rotatable bonds is 2. The minimum atomic E-state index is -0.715. The minimum Gasteiger partial charge on any atom is -0.388 e. The zero-order valence-corrected chi connectivity index (χ0v) is 7.78. The van der Waals surface area contributed by atoms with Gasteiger partial charge in [0, 0.05) is 24.2 Å². The summed E-state index contributed by atoms with van der Waals surface area (Å²) in [4.78, 5) is 3.65. The fourth-order valence-electron chi connectivity index (χ4n) is 1.83. The van der Waals surface area contributed by atoms with Gasteiger partial charge < -0.3 is 10.4 Å². The maximum Gasteiger partial charge on any atom is 0.147 e. The van der Waals surface area contributed by atoms with Crippen LogP contribution in [-0.4, -0.2) is 23.2 Å². The van der Waals surface area contributed by atoms with Crippen LogP contribution in [0.1, 0.15) is 18.1 Å². The molecule has 1 saturated heterocycles. The Morgan fingerprint density at radius 2 is 2.50 bits per heavy atom. The Hall–Kier alpha value is -1.00. The van der Waals surface area contributed by atoms with Gasteiger partial charge in [0.05, 0.1) is 12.3 Å². The number of hydrogen-bond donors (Lipinski definition) is 2. The maximum atomic E-state index is 13.3. The monoisotopic (exact) mass is 196 g/mol. The molecule has 76 valence electrons. The molecule has 1 aliphatic rings. The van der Waals surface area contributed by atoms with E-state index in [4.69, 9.17) is 0 Å². The maximum absolute atomic E-state index is 13.3. The second kappa shape index (κ2) is 4.02. The van der Waals surface area contributed by atoms with Crippen molar-refractivity contribution in [2.24, 2.45) is 5.92 Å². The highest BCUT2D eigenvalue weighted by atomic mass is 19.1. The second-order valence-electron chi connectivity index (χ2n) is 3.59. The van der Waals surface area contributed by atoms with E-state index >= 15 is 0 Å². The Labute approximate surface area is 82.0 Å². The van der Waals surface area contributed by atoms with Crippen LogP contribution in [0.5, 0.6) is 0 Å². The van der Waals surface area contributed by atoms with Crippen molar-refractivity contribution < 1.29 is 9.50 Å². The topological polar surface area (TPSA) is 45.2 Å². The van der Waals surface area contributed by atoms with Crippen LogP contribution in [0.25, 0.3) is 0 Å². The molecule has 1 aliphatic heterocycles. The summed E-state index contributed by atoms with van der Waals surface area (Å²) in [7, 11) is 0. The largest absolute Gasteiger partial charge is 0.388 e.